The molecule has 118 valence electrons. The summed E-state index contributed by atoms with van der Waals surface area (Å²) >= 11 is 0. The summed E-state index contributed by atoms with van der Waals surface area (Å²) in [5, 5.41) is 10.6. The zero-order valence-electron chi connectivity index (χ0n) is 13.9. The molecule has 4 heteroatoms. The van der Waals surface area contributed by atoms with E-state index in [1.165, 1.54) is 0 Å². The highest BCUT2D eigenvalue weighted by Crippen LogP contribution is 2.30. The van der Waals surface area contributed by atoms with Gasteiger partial charge in [-0.2, -0.15) is 5.10 Å². The van der Waals surface area contributed by atoms with Crippen LogP contribution in [0.25, 0.3) is 11.3 Å². The number of aromatic amines is 1. The highest BCUT2D eigenvalue weighted by atomic mass is 16.1. The first-order valence-corrected chi connectivity index (χ1v) is 7.83. The van der Waals surface area contributed by atoms with E-state index in [2.05, 4.69) is 43.2 Å². The second kappa shape index (κ2) is 6.77. The molecule has 1 amide bonds. The highest BCUT2D eigenvalue weighted by molar-refractivity contribution is 5.95. The lowest BCUT2D eigenvalue weighted by Crippen LogP contribution is -2.20. The first-order chi connectivity index (χ1) is 10.4. The third-order valence-corrected chi connectivity index (χ3v) is 3.34. The molecule has 2 rings (SSSR count). The smallest absolute Gasteiger partial charge is 0.225 e. The molecule has 0 bridgehead atoms. The summed E-state index contributed by atoms with van der Waals surface area (Å²) in [5.74, 6) is 0.0310. The average Bonchev–Trinajstić information content (AvgIpc) is 2.81. The summed E-state index contributed by atoms with van der Waals surface area (Å²) in [7, 11) is 0. The van der Waals surface area contributed by atoms with Gasteiger partial charge < -0.3 is 5.32 Å². The summed E-state index contributed by atoms with van der Waals surface area (Å²) in [4.78, 5) is 12.3. The van der Waals surface area contributed by atoms with Crippen LogP contribution in [-0.2, 0) is 11.2 Å². The predicted molar refractivity (Wildman–Crippen MR) is 90.7 cm³/mol. The number of aryl methyl sites for hydroxylation is 1. The molecule has 4 nitrogen and oxygen atoms in total. The Kier molecular flexibility index (Phi) is 5.01. The summed E-state index contributed by atoms with van der Waals surface area (Å²) in [6, 6.07) is 9.94. The van der Waals surface area contributed by atoms with E-state index in [0.29, 0.717) is 6.42 Å². The van der Waals surface area contributed by atoms with E-state index < -0.39 is 0 Å². The van der Waals surface area contributed by atoms with E-state index in [9.17, 15) is 4.79 Å². The molecule has 0 aliphatic rings. The number of hydrogen-bond acceptors (Lipinski definition) is 2. The van der Waals surface area contributed by atoms with Crippen molar-refractivity contribution in [1.82, 2.24) is 10.2 Å². The zero-order chi connectivity index (χ0) is 16.2. The normalized spacial score (nSPS) is 11.5. The lowest BCUT2D eigenvalue weighted by atomic mass is 9.92. The van der Waals surface area contributed by atoms with Gasteiger partial charge in [0.2, 0.25) is 5.91 Å². The maximum atomic E-state index is 12.3. The molecule has 2 N–H and O–H groups in total. The topological polar surface area (TPSA) is 57.8 Å². The van der Waals surface area contributed by atoms with Crippen molar-refractivity contribution in [2.75, 3.05) is 5.32 Å². The van der Waals surface area contributed by atoms with Crippen LogP contribution >= 0.6 is 0 Å². The molecular formula is C18H25N3O. The van der Waals surface area contributed by atoms with Gasteiger partial charge >= 0.3 is 0 Å². The fourth-order valence-corrected chi connectivity index (χ4v) is 2.41. The highest BCUT2D eigenvalue weighted by Gasteiger charge is 2.20. The molecule has 1 aromatic heterocycles. The van der Waals surface area contributed by atoms with E-state index in [-0.39, 0.29) is 11.3 Å². The first-order valence-electron chi connectivity index (χ1n) is 7.83. The van der Waals surface area contributed by atoms with Gasteiger partial charge in [0.05, 0.1) is 11.4 Å². The quantitative estimate of drug-likeness (QED) is 0.859. The van der Waals surface area contributed by atoms with Crippen LogP contribution in [-0.4, -0.2) is 16.1 Å². The maximum absolute atomic E-state index is 12.3. The maximum Gasteiger partial charge on any atom is 0.225 e. The molecule has 0 atom stereocenters. The van der Waals surface area contributed by atoms with Crippen LogP contribution in [0.2, 0.25) is 0 Å². The number of carbonyl (C=O) groups is 1. The number of nitrogens with zero attached hydrogens (tertiary/aromatic N) is 1. The van der Waals surface area contributed by atoms with Crippen LogP contribution in [0.1, 0.15) is 46.2 Å². The van der Waals surface area contributed by atoms with Gasteiger partial charge in [-0.3, -0.25) is 9.89 Å². The number of benzene rings is 1. The number of amides is 1. The lowest BCUT2D eigenvalue weighted by Gasteiger charge is -2.17. The number of hydrogen-bond donors (Lipinski definition) is 2. The second-order valence-corrected chi connectivity index (χ2v) is 6.83. The fraction of sp³-hybridized carbons (Fsp3) is 0.444. The van der Waals surface area contributed by atoms with Crippen LogP contribution < -0.4 is 5.32 Å². The zero-order valence-corrected chi connectivity index (χ0v) is 13.9. The van der Waals surface area contributed by atoms with E-state index in [1.54, 1.807) is 0 Å². The van der Waals surface area contributed by atoms with Crippen LogP contribution in [0.4, 0.5) is 5.69 Å². The molecule has 0 radical (unpaired) electrons. The van der Waals surface area contributed by atoms with E-state index in [0.717, 1.165) is 35.5 Å². The van der Waals surface area contributed by atoms with Crippen molar-refractivity contribution in [2.24, 2.45) is 5.41 Å². The van der Waals surface area contributed by atoms with E-state index >= 15 is 0 Å². The average molecular weight is 299 g/mol. The molecule has 2 aromatic rings. The summed E-state index contributed by atoms with van der Waals surface area (Å²) in [6.07, 6.45) is 2.35. The molecule has 0 unspecified atom stereocenters. The van der Waals surface area contributed by atoms with Gasteiger partial charge in [0.25, 0.3) is 0 Å². The van der Waals surface area contributed by atoms with Gasteiger partial charge in [0.1, 0.15) is 5.69 Å². The van der Waals surface area contributed by atoms with Crippen molar-refractivity contribution in [3.05, 3.63) is 36.0 Å². The number of H-pyrrole nitrogens is 1. The first kappa shape index (κ1) is 16.3. The molecule has 0 spiro atoms. The van der Waals surface area contributed by atoms with Crippen LogP contribution in [0.15, 0.2) is 30.3 Å². The molecule has 0 fully saturated rings. The Balaban J connectivity index is 2.31. The van der Waals surface area contributed by atoms with Crippen LogP contribution in [0.5, 0.6) is 0 Å². The van der Waals surface area contributed by atoms with E-state index in [1.807, 2.05) is 30.3 Å². The fourth-order valence-electron chi connectivity index (χ4n) is 2.41. The number of carbonyl (C=O) groups excluding carboxylic acids is 1. The molecule has 1 aromatic carbocycles. The van der Waals surface area contributed by atoms with Gasteiger partial charge in [-0.15, -0.1) is 0 Å². The van der Waals surface area contributed by atoms with Crippen molar-refractivity contribution < 1.29 is 4.79 Å². The predicted octanol–water partition coefficient (Wildman–Crippen LogP) is 4.40. The SMILES string of the molecule is CCCc1[nH]nc(-c2ccccc2)c1NC(=O)CC(C)(C)C. The minimum absolute atomic E-state index is 0.0310. The summed E-state index contributed by atoms with van der Waals surface area (Å²) in [6.45, 7) is 8.30. The van der Waals surface area contributed by atoms with Crippen molar-refractivity contribution in [3.8, 4) is 11.3 Å². The number of nitrogens with one attached hydrogen (secondary N) is 2. The molecule has 0 saturated heterocycles. The molecule has 1 heterocycles. The van der Waals surface area contributed by atoms with Gasteiger partial charge in [-0.1, -0.05) is 64.4 Å². The van der Waals surface area contributed by atoms with Crippen LogP contribution in [0, 0.1) is 5.41 Å². The Labute approximate surface area is 132 Å². The summed E-state index contributed by atoms with van der Waals surface area (Å²) < 4.78 is 0. The third-order valence-electron chi connectivity index (χ3n) is 3.34. The minimum atomic E-state index is -0.0361. The van der Waals surface area contributed by atoms with Gasteiger partial charge in [-0.25, -0.2) is 0 Å². The summed E-state index contributed by atoms with van der Waals surface area (Å²) in [5.41, 5.74) is 3.59. The van der Waals surface area contributed by atoms with Crippen molar-refractivity contribution in [2.45, 2.75) is 47.0 Å². The Morgan fingerprint density at radius 3 is 2.50 bits per heavy atom. The van der Waals surface area contributed by atoms with Gasteiger partial charge in [0.15, 0.2) is 0 Å². The number of aromatic nitrogens is 2. The third kappa shape index (κ3) is 4.20. The number of anilines is 1. The lowest BCUT2D eigenvalue weighted by molar-refractivity contribution is -0.117. The Morgan fingerprint density at radius 1 is 1.23 bits per heavy atom. The van der Waals surface area contributed by atoms with Gasteiger partial charge in [-0.05, 0) is 11.8 Å². The van der Waals surface area contributed by atoms with Gasteiger partial charge in [0, 0.05) is 12.0 Å². The van der Waals surface area contributed by atoms with Crippen LogP contribution in [0.3, 0.4) is 0 Å². The molecule has 0 aliphatic carbocycles. The molecule has 0 saturated carbocycles. The Morgan fingerprint density at radius 2 is 1.91 bits per heavy atom. The standard InChI is InChI=1S/C18H25N3O/c1-5-9-14-17(19-15(22)12-18(2,3)4)16(21-20-14)13-10-7-6-8-11-13/h6-8,10-11H,5,9,12H2,1-4H3,(H,19,22)(H,20,21). The number of rotatable bonds is 5. The second-order valence-electron chi connectivity index (χ2n) is 6.83. The Bertz CT molecular complexity index is 624. The molecular weight excluding hydrogens is 274 g/mol. The van der Waals surface area contributed by atoms with Crippen molar-refractivity contribution in [3.63, 3.8) is 0 Å². The minimum Gasteiger partial charge on any atom is -0.323 e. The molecule has 22 heavy (non-hydrogen) atoms. The largest absolute Gasteiger partial charge is 0.323 e. The Hall–Kier alpha value is -2.10. The van der Waals surface area contributed by atoms with Crippen molar-refractivity contribution in [1.29, 1.82) is 0 Å². The molecule has 0 aliphatic heterocycles. The van der Waals surface area contributed by atoms with Crippen molar-refractivity contribution >= 4 is 11.6 Å². The van der Waals surface area contributed by atoms with E-state index in [4.69, 9.17) is 0 Å². The monoisotopic (exact) mass is 299 g/mol.